The van der Waals surface area contributed by atoms with Crippen LogP contribution >= 0.6 is 11.3 Å². The van der Waals surface area contributed by atoms with E-state index in [1.807, 2.05) is 0 Å². The van der Waals surface area contributed by atoms with Crippen LogP contribution in [-0.4, -0.2) is 10.9 Å². The summed E-state index contributed by atoms with van der Waals surface area (Å²) in [5, 5.41) is 3.07. The van der Waals surface area contributed by atoms with Gasteiger partial charge in [-0.1, -0.05) is 0 Å². The monoisotopic (exact) mass is 251 g/mol. The molecule has 0 aliphatic carbocycles. The highest BCUT2D eigenvalue weighted by atomic mass is 32.1. The first kappa shape index (κ1) is 11.5. The van der Waals surface area contributed by atoms with Crippen LogP contribution in [0.5, 0.6) is 0 Å². The first-order valence-corrected chi connectivity index (χ1v) is 5.75. The third kappa shape index (κ3) is 2.79. The van der Waals surface area contributed by atoms with Crippen molar-refractivity contribution >= 4 is 22.9 Å². The molecule has 0 fully saturated rings. The summed E-state index contributed by atoms with van der Waals surface area (Å²) in [7, 11) is 0. The van der Waals surface area contributed by atoms with Crippen LogP contribution in [0.25, 0.3) is 0 Å². The number of aromatic nitrogens is 1. The van der Waals surface area contributed by atoms with E-state index in [4.69, 9.17) is 5.73 Å². The van der Waals surface area contributed by atoms with Crippen LogP contribution in [0.15, 0.2) is 29.9 Å². The molecule has 17 heavy (non-hydrogen) atoms. The Labute approximate surface area is 101 Å². The molecule has 0 spiro atoms. The molecule has 1 heterocycles. The van der Waals surface area contributed by atoms with Gasteiger partial charge in [0.15, 0.2) is 0 Å². The first-order chi connectivity index (χ1) is 8.16. The number of hydrogen-bond acceptors (Lipinski definition) is 4. The van der Waals surface area contributed by atoms with Gasteiger partial charge < -0.3 is 11.1 Å². The van der Waals surface area contributed by atoms with E-state index in [1.165, 1.54) is 23.5 Å². The molecule has 0 aliphatic rings. The van der Waals surface area contributed by atoms with Crippen LogP contribution in [0.2, 0.25) is 0 Å². The summed E-state index contributed by atoms with van der Waals surface area (Å²) in [5.41, 5.74) is 7.33. The largest absolute Gasteiger partial charge is 0.380 e. The topological polar surface area (TPSA) is 68.0 Å². The molecule has 0 unspecified atom stereocenters. The Bertz CT molecular complexity index is 528. The lowest BCUT2D eigenvalue weighted by Gasteiger charge is -2.06. The predicted molar refractivity (Wildman–Crippen MR) is 64.4 cm³/mol. The third-order valence-electron chi connectivity index (χ3n) is 2.18. The molecule has 88 valence electrons. The van der Waals surface area contributed by atoms with E-state index >= 15 is 0 Å². The van der Waals surface area contributed by atoms with Crippen molar-refractivity contribution in [3.63, 3.8) is 0 Å². The standard InChI is InChI=1S/C11H10FN3OS/c12-10-2-1-7(3-9(10)11(13)16)15-5-8-4-14-6-17-8/h1-4,6,15H,5H2,(H2,13,16). The Balaban J connectivity index is 2.11. The molecule has 0 atom stereocenters. The lowest BCUT2D eigenvalue weighted by atomic mass is 10.2. The van der Waals surface area contributed by atoms with E-state index < -0.39 is 11.7 Å². The molecule has 6 heteroatoms. The van der Waals surface area contributed by atoms with Crippen LogP contribution in [0, 0.1) is 5.82 Å². The SMILES string of the molecule is NC(=O)c1cc(NCc2cncs2)ccc1F. The minimum Gasteiger partial charge on any atom is -0.380 e. The molecule has 0 aliphatic heterocycles. The molecule has 0 bridgehead atoms. The number of primary amides is 1. The van der Waals surface area contributed by atoms with Crippen molar-refractivity contribution in [2.75, 3.05) is 5.32 Å². The second-order valence-electron chi connectivity index (χ2n) is 3.38. The summed E-state index contributed by atoms with van der Waals surface area (Å²) in [4.78, 5) is 15.9. The van der Waals surface area contributed by atoms with Gasteiger partial charge in [0.05, 0.1) is 17.6 Å². The van der Waals surface area contributed by atoms with Gasteiger partial charge in [-0.25, -0.2) is 4.39 Å². The number of halogens is 1. The average molecular weight is 251 g/mol. The van der Waals surface area contributed by atoms with E-state index in [0.717, 1.165) is 4.88 Å². The molecule has 1 amide bonds. The van der Waals surface area contributed by atoms with Crippen molar-refractivity contribution in [3.05, 3.63) is 46.2 Å². The van der Waals surface area contributed by atoms with E-state index in [-0.39, 0.29) is 5.56 Å². The van der Waals surface area contributed by atoms with Crippen LogP contribution in [-0.2, 0) is 6.54 Å². The van der Waals surface area contributed by atoms with Crippen molar-refractivity contribution in [1.82, 2.24) is 4.98 Å². The van der Waals surface area contributed by atoms with Gasteiger partial charge in [-0.3, -0.25) is 9.78 Å². The zero-order chi connectivity index (χ0) is 12.3. The Morgan fingerprint density at radius 3 is 3.00 bits per heavy atom. The van der Waals surface area contributed by atoms with E-state index in [9.17, 15) is 9.18 Å². The maximum Gasteiger partial charge on any atom is 0.251 e. The van der Waals surface area contributed by atoms with Crippen molar-refractivity contribution < 1.29 is 9.18 Å². The zero-order valence-electron chi connectivity index (χ0n) is 8.81. The minimum atomic E-state index is -0.774. The van der Waals surface area contributed by atoms with Crippen molar-refractivity contribution in [3.8, 4) is 0 Å². The molecule has 2 rings (SSSR count). The smallest absolute Gasteiger partial charge is 0.251 e. The molecule has 0 saturated carbocycles. The van der Waals surface area contributed by atoms with Gasteiger partial charge in [0.25, 0.3) is 5.91 Å². The fourth-order valence-electron chi connectivity index (χ4n) is 1.34. The molecule has 2 aromatic rings. The van der Waals surface area contributed by atoms with Crippen LogP contribution in [0.1, 0.15) is 15.2 Å². The number of rotatable bonds is 4. The van der Waals surface area contributed by atoms with Gasteiger partial charge in [0.2, 0.25) is 0 Å². The van der Waals surface area contributed by atoms with Gasteiger partial charge in [-0.15, -0.1) is 11.3 Å². The number of carbonyl (C=O) groups excluding carboxylic acids is 1. The molecule has 3 N–H and O–H groups in total. The van der Waals surface area contributed by atoms with Crippen molar-refractivity contribution in [1.29, 1.82) is 0 Å². The Kier molecular flexibility index (Phi) is 3.34. The number of carbonyl (C=O) groups is 1. The molecular formula is C11H10FN3OS. The number of thiazole rings is 1. The highest BCUT2D eigenvalue weighted by Crippen LogP contribution is 2.16. The average Bonchev–Trinajstić information content (AvgIpc) is 2.80. The highest BCUT2D eigenvalue weighted by Gasteiger charge is 2.08. The van der Waals surface area contributed by atoms with Gasteiger partial charge in [-0.05, 0) is 18.2 Å². The van der Waals surface area contributed by atoms with Crippen LogP contribution in [0.4, 0.5) is 10.1 Å². The van der Waals surface area contributed by atoms with Crippen LogP contribution < -0.4 is 11.1 Å². The Hall–Kier alpha value is -1.95. The summed E-state index contributed by atoms with van der Waals surface area (Å²) in [6.07, 6.45) is 1.75. The lowest BCUT2D eigenvalue weighted by Crippen LogP contribution is -2.13. The Morgan fingerprint density at radius 2 is 2.35 bits per heavy atom. The number of amides is 1. The number of anilines is 1. The van der Waals surface area contributed by atoms with Gasteiger partial charge in [0, 0.05) is 16.8 Å². The number of nitrogens with one attached hydrogen (secondary N) is 1. The summed E-state index contributed by atoms with van der Waals surface area (Å²) >= 11 is 1.52. The van der Waals surface area contributed by atoms with Gasteiger partial charge in [-0.2, -0.15) is 0 Å². The molecule has 4 nitrogen and oxygen atoms in total. The molecule has 0 saturated heterocycles. The summed E-state index contributed by atoms with van der Waals surface area (Å²) in [5.74, 6) is -1.38. The van der Waals surface area contributed by atoms with Gasteiger partial charge >= 0.3 is 0 Å². The highest BCUT2D eigenvalue weighted by molar-refractivity contribution is 7.09. The van der Waals surface area contributed by atoms with E-state index in [2.05, 4.69) is 10.3 Å². The summed E-state index contributed by atoms with van der Waals surface area (Å²) in [6.45, 7) is 0.578. The molecule has 0 radical (unpaired) electrons. The minimum absolute atomic E-state index is 0.112. The second-order valence-corrected chi connectivity index (χ2v) is 4.35. The van der Waals surface area contributed by atoms with Crippen molar-refractivity contribution in [2.45, 2.75) is 6.54 Å². The fourth-order valence-corrected chi connectivity index (χ4v) is 1.88. The second kappa shape index (κ2) is 4.92. The number of nitrogens with two attached hydrogens (primary N) is 1. The van der Waals surface area contributed by atoms with E-state index in [1.54, 1.807) is 17.8 Å². The fraction of sp³-hybridized carbons (Fsp3) is 0.0909. The lowest BCUT2D eigenvalue weighted by molar-refractivity contribution is 0.0996. The number of hydrogen-bond donors (Lipinski definition) is 2. The summed E-state index contributed by atoms with van der Waals surface area (Å²) < 4.78 is 13.2. The number of nitrogens with zero attached hydrogens (tertiary/aromatic N) is 1. The normalized spacial score (nSPS) is 10.2. The van der Waals surface area contributed by atoms with E-state index in [0.29, 0.717) is 12.2 Å². The molecule has 1 aromatic carbocycles. The quantitative estimate of drug-likeness (QED) is 0.873. The maximum absolute atomic E-state index is 13.2. The Morgan fingerprint density at radius 1 is 1.53 bits per heavy atom. The zero-order valence-corrected chi connectivity index (χ0v) is 9.63. The number of benzene rings is 1. The first-order valence-electron chi connectivity index (χ1n) is 4.87. The van der Waals surface area contributed by atoms with Crippen LogP contribution in [0.3, 0.4) is 0 Å². The molecule has 1 aromatic heterocycles. The third-order valence-corrected chi connectivity index (χ3v) is 2.96. The predicted octanol–water partition coefficient (Wildman–Crippen LogP) is 1.99. The molecular weight excluding hydrogens is 241 g/mol. The summed E-state index contributed by atoms with van der Waals surface area (Å²) in [6, 6.07) is 4.18. The van der Waals surface area contributed by atoms with Gasteiger partial charge in [0.1, 0.15) is 5.82 Å². The maximum atomic E-state index is 13.2. The van der Waals surface area contributed by atoms with Crippen molar-refractivity contribution in [2.24, 2.45) is 5.73 Å².